The van der Waals surface area contributed by atoms with Gasteiger partial charge in [-0.25, -0.2) is 0 Å². The monoisotopic (exact) mass is 346 g/mol. The minimum absolute atomic E-state index is 0.0438. The van der Waals surface area contributed by atoms with Crippen molar-refractivity contribution in [2.45, 2.75) is 29.6 Å². The van der Waals surface area contributed by atoms with E-state index in [0.717, 1.165) is 17.9 Å². The van der Waals surface area contributed by atoms with Crippen LogP contribution in [0, 0.1) is 23.7 Å². The molecule has 0 aromatic carbocycles. The standard InChI is InChI=1S/C15H22O5S2/c1-19-13(17)10-7-9-5-8(12(10)16)6-11(14(18)20-2)15(9)21-3-4-22-15/h8-11,13,17H,3-7H2,1-2H3/t8-,9+,10-,11+,13+/m1/s1. The van der Waals surface area contributed by atoms with Crippen molar-refractivity contribution in [1.82, 2.24) is 0 Å². The number of hydrogen-bond acceptors (Lipinski definition) is 7. The van der Waals surface area contributed by atoms with E-state index < -0.39 is 12.2 Å². The van der Waals surface area contributed by atoms with Crippen molar-refractivity contribution in [1.29, 1.82) is 0 Å². The van der Waals surface area contributed by atoms with Crippen LogP contribution in [0.1, 0.15) is 19.3 Å². The number of ketones is 1. The van der Waals surface area contributed by atoms with Gasteiger partial charge in [0.05, 0.1) is 23.0 Å². The number of aliphatic hydroxyl groups excluding tert-OH is 1. The van der Waals surface area contributed by atoms with Crippen molar-refractivity contribution in [3.63, 3.8) is 0 Å². The predicted octanol–water partition coefficient (Wildman–Crippen LogP) is 1.53. The van der Waals surface area contributed by atoms with E-state index in [1.165, 1.54) is 14.2 Å². The molecule has 3 aliphatic rings. The third-order valence-corrected chi connectivity index (χ3v) is 9.18. The Balaban J connectivity index is 1.92. The van der Waals surface area contributed by atoms with Crippen molar-refractivity contribution in [2.75, 3.05) is 25.7 Å². The average molecular weight is 346 g/mol. The van der Waals surface area contributed by atoms with Crippen LogP contribution in [0.5, 0.6) is 0 Å². The van der Waals surface area contributed by atoms with Crippen LogP contribution in [0.25, 0.3) is 0 Å². The molecule has 2 saturated carbocycles. The number of aliphatic hydroxyl groups is 1. The molecule has 0 aromatic rings. The highest BCUT2D eigenvalue weighted by atomic mass is 32.2. The molecule has 2 bridgehead atoms. The predicted molar refractivity (Wildman–Crippen MR) is 85.5 cm³/mol. The van der Waals surface area contributed by atoms with E-state index in [0.29, 0.717) is 12.8 Å². The zero-order valence-corrected chi connectivity index (χ0v) is 14.5. The Morgan fingerprint density at radius 3 is 2.55 bits per heavy atom. The normalized spacial score (nSPS) is 38.0. The third kappa shape index (κ3) is 2.50. The fourth-order valence-electron chi connectivity index (χ4n) is 4.26. The van der Waals surface area contributed by atoms with E-state index in [-0.39, 0.29) is 33.6 Å². The first kappa shape index (κ1) is 16.6. The van der Waals surface area contributed by atoms with Crippen molar-refractivity contribution >= 4 is 35.3 Å². The lowest BCUT2D eigenvalue weighted by molar-refractivity contribution is -0.164. The molecule has 1 aliphatic heterocycles. The summed E-state index contributed by atoms with van der Waals surface area (Å²) in [6.07, 6.45) is 0.910. The number of thioether (sulfide) groups is 2. The summed E-state index contributed by atoms with van der Waals surface area (Å²) in [5.41, 5.74) is 0. The molecule has 1 heterocycles. The van der Waals surface area contributed by atoms with Crippen LogP contribution < -0.4 is 0 Å². The van der Waals surface area contributed by atoms with Gasteiger partial charge in [-0.1, -0.05) is 0 Å². The molecular formula is C15H22O5S2. The maximum atomic E-state index is 12.6. The first-order valence-corrected chi connectivity index (χ1v) is 9.61. The maximum Gasteiger partial charge on any atom is 0.310 e. The first-order chi connectivity index (χ1) is 10.5. The summed E-state index contributed by atoms with van der Waals surface area (Å²) in [5, 5.41) is 10.0. The van der Waals surface area contributed by atoms with Gasteiger partial charge in [-0.05, 0) is 25.2 Å². The topological polar surface area (TPSA) is 72.8 Å². The number of carbonyl (C=O) groups excluding carboxylic acids is 2. The number of methoxy groups -OCH3 is 2. The van der Waals surface area contributed by atoms with E-state index in [1.54, 1.807) is 0 Å². The highest BCUT2D eigenvalue weighted by Gasteiger charge is 2.60. The van der Waals surface area contributed by atoms with Gasteiger partial charge >= 0.3 is 5.97 Å². The molecule has 5 atom stereocenters. The molecule has 22 heavy (non-hydrogen) atoms. The SMILES string of the molecule is COC(=O)[C@@H]1C[C@H]2C[C@@H](C[C@@H]([C@@H](O)OC)C2=O)C12SCCS2. The fourth-order valence-corrected chi connectivity index (χ4v) is 8.04. The second kappa shape index (κ2) is 6.34. The van der Waals surface area contributed by atoms with Gasteiger partial charge in [0.2, 0.25) is 0 Å². The van der Waals surface area contributed by atoms with Gasteiger partial charge in [-0.3, -0.25) is 9.59 Å². The van der Waals surface area contributed by atoms with Crippen LogP contribution >= 0.6 is 23.5 Å². The van der Waals surface area contributed by atoms with Gasteiger partial charge in [-0.15, -0.1) is 23.5 Å². The Bertz CT molecular complexity index is 463. The van der Waals surface area contributed by atoms with Crippen LogP contribution in [-0.2, 0) is 19.1 Å². The quantitative estimate of drug-likeness (QED) is 0.614. The van der Waals surface area contributed by atoms with Crippen LogP contribution in [0.2, 0.25) is 0 Å². The van der Waals surface area contributed by atoms with E-state index in [1.807, 2.05) is 23.5 Å². The Kier molecular flexibility index (Phi) is 4.79. The zero-order valence-electron chi connectivity index (χ0n) is 12.8. The largest absolute Gasteiger partial charge is 0.469 e. The molecule has 1 N–H and O–H groups in total. The number of rotatable bonds is 3. The molecule has 3 rings (SSSR count). The fraction of sp³-hybridized carbons (Fsp3) is 0.867. The maximum absolute atomic E-state index is 12.6. The molecule has 0 amide bonds. The lowest BCUT2D eigenvalue weighted by Gasteiger charge is -2.51. The summed E-state index contributed by atoms with van der Waals surface area (Å²) in [5.74, 6) is 1.26. The molecule has 7 heteroatoms. The molecular weight excluding hydrogens is 324 g/mol. The Morgan fingerprint density at radius 2 is 1.95 bits per heavy atom. The zero-order chi connectivity index (χ0) is 15.9. The van der Waals surface area contributed by atoms with Gasteiger partial charge in [0.1, 0.15) is 5.78 Å². The van der Waals surface area contributed by atoms with Crippen LogP contribution in [-0.4, -0.2) is 53.0 Å². The summed E-state index contributed by atoms with van der Waals surface area (Å²) in [6.45, 7) is 0. The lowest BCUT2D eigenvalue weighted by Crippen LogP contribution is -2.55. The highest BCUT2D eigenvalue weighted by molar-refractivity contribution is 8.21. The molecule has 1 saturated heterocycles. The molecule has 124 valence electrons. The average Bonchev–Trinajstić information content (AvgIpc) is 3.02. The second-order valence-corrected chi connectivity index (χ2v) is 9.23. The second-order valence-electron chi connectivity index (χ2n) is 6.23. The van der Waals surface area contributed by atoms with Crippen LogP contribution in [0.15, 0.2) is 0 Å². The van der Waals surface area contributed by atoms with Gasteiger partial charge in [0.15, 0.2) is 6.29 Å². The molecule has 0 radical (unpaired) electrons. The van der Waals surface area contributed by atoms with Crippen molar-refractivity contribution < 1.29 is 24.2 Å². The summed E-state index contributed by atoms with van der Waals surface area (Å²) in [6, 6.07) is 0. The Morgan fingerprint density at radius 1 is 1.27 bits per heavy atom. The summed E-state index contributed by atoms with van der Waals surface area (Å²) < 4.78 is 9.82. The number of Topliss-reactive ketones (excluding diaryl/α,β-unsaturated/α-hetero) is 1. The van der Waals surface area contributed by atoms with Crippen molar-refractivity contribution in [3.05, 3.63) is 0 Å². The number of esters is 1. The van der Waals surface area contributed by atoms with E-state index in [2.05, 4.69) is 0 Å². The molecule has 2 aliphatic carbocycles. The van der Waals surface area contributed by atoms with E-state index in [9.17, 15) is 14.7 Å². The Labute approximate surface area is 138 Å². The first-order valence-electron chi connectivity index (χ1n) is 7.63. The molecule has 0 aromatic heterocycles. The highest BCUT2D eigenvalue weighted by Crippen LogP contribution is 2.63. The summed E-state index contributed by atoms with van der Waals surface area (Å²) in [7, 11) is 2.85. The summed E-state index contributed by atoms with van der Waals surface area (Å²) in [4.78, 5) is 24.9. The molecule has 1 spiro atoms. The van der Waals surface area contributed by atoms with Crippen LogP contribution in [0.3, 0.4) is 0 Å². The summed E-state index contributed by atoms with van der Waals surface area (Å²) >= 11 is 3.67. The number of carbonyl (C=O) groups is 2. The minimum atomic E-state index is -1.04. The van der Waals surface area contributed by atoms with Crippen molar-refractivity contribution in [3.8, 4) is 0 Å². The van der Waals surface area contributed by atoms with Crippen molar-refractivity contribution in [2.24, 2.45) is 23.7 Å². The van der Waals surface area contributed by atoms with Crippen LogP contribution in [0.4, 0.5) is 0 Å². The van der Waals surface area contributed by atoms with E-state index >= 15 is 0 Å². The Hall–Kier alpha value is -0.240. The molecule has 0 unspecified atom stereocenters. The third-order valence-electron chi connectivity index (χ3n) is 5.26. The number of ether oxygens (including phenoxy) is 2. The van der Waals surface area contributed by atoms with Gasteiger partial charge < -0.3 is 14.6 Å². The van der Waals surface area contributed by atoms with Gasteiger partial charge in [0.25, 0.3) is 0 Å². The molecule has 3 fully saturated rings. The van der Waals surface area contributed by atoms with Gasteiger partial charge in [0, 0.05) is 24.5 Å². The number of hydrogen-bond donors (Lipinski definition) is 1. The molecule has 5 nitrogen and oxygen atoms in total. The van der Waals surface area contributed by atoms with E-state index in [4.69, 9.17) is 9.47 Å². The van der Waals surface area contributed by atoms with Gasteiger partial charge in [-0.2, -0.15) is 0 Å². The number of fused-ring (bicyclic) bond motifs is 3. The smallest absolute Gasteiger partial charge is 0.310 e. The minimum Gasteiger partial charge on any atom is -0.469 e. The lowest BCUT2D eigenvalue weighted by atomic mass is 9.63.